The molecule has 1 rings (SSSR count). The Hall–Kier alpha value is -0.0800. The topological polar surface area (TPSA) is 23.5 Å². The van der Waals surface area contributed by atoms with E-state index in [0.29, 0.717) is 6.61 Å². The second-order valence-electron chi connectivity index (χ2n) is 4.00. The van der Waals surface area contributed by atoms with E-state index in [-0.39, 0.29) is 0 Å². The monoisotopic (exact) mass is 185 g/mol. The molecule has 0 aromatic heterocycles. The lowest BCUT2D eigenvalue weighted by Crippen LogP contribution is -2.26. The first-order chi connectivity index (χ1) is 6.38. The summed E-state index contributed by atoms with van der Waals surface area (Å²) in [7, 11) is 0. The fourth-order valence-electron chi connectivity index (χ4n) is 1.82. The van der Waals surface area contributed by atoms with Crippen LogP contribution in [0.25, 0.3) is 0 Å². The summed E-state index contributed by atoms with van der Waals surface area (Å²) in [5, 5.41) is 8.61. The Balaban J connectivity index is 1.90. The molecule has 0 bridgehead atoms. The van der Waals surface area contributed by atoms with Crippen LogP contribution in [0.15, 0.2) is 0 Å². The van der Waals surface area contributed by atoms with E-state index < -0.39 is 0 Å². The van der Waals surface area contributed by atoms with Gasteiger partial charge in [-0.3, -0.25) is 0 Å². The molecule has 0 heterocycles. The first-order valence-electron chi connectivity index (χ1n) is 5.73. The third-order valence-corrected chi connectivity index (χ3v) is 2.82. The van der Waals surface area contributed by atoms with Crippen molar-refractivity contribution in [3.63, 3.8) is 0 Å². The van der Waals surface area contributed by atoms with E-state index in [1.54, 1.807) is 0 Å². The first kappa shape index (κ1) is 11.0. The predicted molar refractivity (Wildman–Crippen MR) is 55.8 cm³/mol. The zero-order valence-electron chi connectivity index (χ0n) is 8.84. The highest BCUT2D eigenvalue weighted by atomic mass is 16.2. The van der Waals surface area contributed by atoms with Crippen LogP contribution < -0.4 is 0 Å². The molecule has 1 aliphatic rings. The van der Waals surface area contributed by atoms with Gasteiger partial charge in [0.15, 0.2) is 0 Å². The molecule has 1 N–H and O–H groups in total. The van der Waals surface area contributed by atoms with Crippen LogP contribution in [0, 0.1) is 0 Å². The molecule has 2 nitrogen and oxygen atoms in total. The van der Waals surface area contributed by atoms with Gasteiger partial charge in [-0.05, 0) is 38.8 Å². The summed E-state index contributed by atoms with van der Waals surface area (Å²) in [6, 6.07) is 0.919. The zero-order chi connectivity index (χ0) is 9.52. The minimum absolute atomic E-state index is 0.361. The Morgan fingerprint density at radius 1 is 1.15 bits per heavy atom. The van der Waals surface area contributed by atoms with Crippen LogP contribution in [-0.2, 0) is 0 Å². The fourth-order valence-corrected chi connectivity index (χ4v) is 1.82. The van der Waals surface area contributed by atoms with Gasteiger partial charge >= 0.3 is 0 Å². The van der Waals surface area contributed by atoms with Crippen molar-refractivity contribution in [3.05, 3.63) is 0 Å². The van der Waals surface area contributed by atoms with Crippen molar-refractivity contribution in [2.45, 2.75) is 51.5 Å². The molecule has 1 aliphatic carbocycles. The van der Waals surface area contributed by atoms with Gasteiger partial charge in [0.25, 0.3) is 0 Å². The van der Waals surface area contributed by atoms with Crippen LogP contribution in [0.4, 0.5) is 0 Å². The minimum Gasteiger partial charge on any atom is -0.396 e. The van der Waals surface area contributed by atoms with Crippen LogP contribution in [0.3, 0.4) is 0 Å². The summed E-state index contributed by atoms with van der Waals surface area (Å²) < 4.78 is 0. The maximum atomic E-state index is 8.61. The van der Waals surface area contributed by atoms with Crippen LogP contribution in [-0.4, -0.2) is 35.7 Å². The lowest BCUT2D eigenvalue weighted by atomic mass is 10.2. The molecule has 13 heavy (non-hydrogen) atoms. The smallest absolute Gasteiger partial charge is 0.0431 e. The molecule has 0 unspecified atom stereocenters. The van der Waals surface area contributed by atoms with Crippen molar-refractivity contribution in [1.82, 2.24) is 4.90 Å². The SMILES string of the molecule is CCN(CCCCCCO)C1CC1. The van der Waals surface area contributed by atoms with Gasteiger partial charge in [-0.15, -0.1) is 0 Å². The number of rotatable bonds is 8. The number of hydrogen-bond donors (Lipinski definition) is 1. The van der Waals surface area contributed by atoms with E-state index in [4.69, 9.17) is 5.11 Å². The van der Waals surface area contributed by atoms with Crippen LogP contribution >= 0.6 is 0 Å². The van der Waals surface area contributed by atoms with E-state index in [0.717, 1.165) is 12.5 Å². The maximum Gasteiger partial charge on any atom is 0.0431 e. The highest BCUT2D eigenvalue weighted by molar-refractivity contribution is 4.83. The summed E-state index contributed by atoms with van der Waals surface area (Å²) in [5.41, 5.74) is 0. The number of aliphatic hydroxyl groups is 1. The van der Waals surface area contributed by atoms with E-state index >= 15 is 0 Å². The van der Waals surface area contributed by atoms with Crippen LogP contribution in [0.2, 0.25) is 0 Å². The van der Waals surface area contributed by atoms with E-state index in [1.165, 1.54) is 45.2 Å². The molecule has 0 atom stereocenters. The van der Waals surface area contributed by atoms with Gasteiger partial charge in [0.05, 0.1) is 0 Å². The van der Waals surface area contributed by atoms with Gasteiger partial charge in [-0.25, -0.2) is 0 Å². The molecule has 0 spiro atoms. The van der Waals surface area contributed by atoms with Crippen LogP contribution in [0.5, 0.6) is 0 Å². The van der Waals surface area contributed by atoms with Gasteiger partial charge in [-0.2, -0.15) is 0 Å². The van der Waals surface area contributed by atoms with E-state index in [1.807, 2.05) is 0 Å². The number of aliphatic hydroxyl groups excluding tert-OH is 1. The summed E-state index contributed by atoms with van der Waals surface area (Å²) in [4.78, 5) is 2.60. The molecule has 78 valence electrons. The second-order valence-corrected chi connectivity index (χ2v) is 4.00. The zero-order valence-corrected chi connectivity index (χ0v) is 8.84. The Morgan fingerprint density at radius 3 is 2.38 bits per heavy atom. The summed E-state index contributed by atoms with van der Waals surface area (Å²) in [5.74, 6) is 0. The van der Waals surface area contributed by atoms with E-state index in [9.17, 15) is 0 Å². The second kappa shape index (κ2) is 6.39. The number of unbranched alkanes of at least 4 members (excludes halogenated alkanes) is 3. The molecule has 0 radical (unpaired) electrons. The molecule has 0 aliphatic heterocycles. The van der Waals surface area contributed by atoms with Crippen LogP contribution in [0.1, 0.15) is 45.4 Å². The average Bonchev–Trinajstić information content (AvgIpc) is 2.95. The first-order valence-corrected chi connectivity index (χ1v) is 5.73. The van der Waals surface area contributed by atoms with Crippen molar-refractivity contribution in [2.24, 2.45) is 0 Å². The van der Waals surface area contributed by atoms with Gasteiger partial charge in [-0.1, -0.05) is 19.8 Å². The summed E-state index contributed by atoms with van der Waals surface area (Å²) >= 11 is 0. The minimum atomic E-state index is 0.361. The standard InChI is InChI=1S/C11H23NO/c1-2-12(11-7-8-11)9-5-3-4-6-10-13/h11,13H,2-10H2,1H3. The molecule has 0 aromatic carbocycles. The highest BCUT2D eigenvalue weighted by Crippen LogP contribution is 2.26. The van der Waals surface area contributed by atoms with Crippen molar-refractivity contribution < 1.29 is 5.11 Å². The van der Waals surface area contributed by atoms with E-state index in [2.05, 4.69) is 11.8 Å². The maximum absolute atomic E-state index is 8.61. The van der Waals surface area contributed by atoms with Gasteiger partial charge in [0.1, 0.15) is 0 Å². The normalized spacial score (nSPS) is 16.8. The third kappa shape index (κ3) is 4.63. The molecular formula is C11H23NO. The molecule has 0 aromatic rings. The van der Waals surface area contributed by atoms with Gasteiger partial charge < -0.3 is 10.0 Å². The summed E-state index contributed by atoms with van der Waals surface area (Å²) in [6.07, 6.45) is 7.61. The molecule has 1 saturated carbocycles. The molecule has 1 fully saturated rings. The molecule has 0 saturated heterocycles. The summed E-state index contributed by atoms with van der Waals surface area (Å²) in [6.45, 7) is 5.10. The lowest BCUT2D eigenvalue weighted by molar-refractivity contribution is 0.261. The third-order valence-electron chi connectivity index (χ3n) is 2.82. The molecular weight excluding hydrogens is 162 g/mol. The fraction of sp³-hybridized carbons (Fsp3) is 1.00. The number of nitrogens with zero attached hydrogens (tertiary/aromatic N) is 1. The average molecular weight is 185 g/mol. The lowest BCUT2D eigenvalue weighted by Gasteiger charge is -2.19. The largest absolute Gasteiger partial charge is 0.396 e. The van der Waals surface area contributed by atoms with Crippen molar-refractivity contribution in [1.29, 1.82) is 0 Å². The van der Waals surface area contributed by atoms with Crippen molar-refractivity contribution in [3.8, 4) is 0 Å². The quantitative estimate of drug-likeness (QED) is 0.585. The molecule has 2 heteroatoms. The Labute approximate surface area is 81.9 Å². The Kier molecular flexibility index (Phi) is 5.40. The van der Waals surface area contributed by atoms with Gasteiger partial charge in [0, 0.05) is 12.6 Å². The highest BCUT2D eigenvalue weighted by Gasteiger charge is 2.26. The Morgan fingerprint density at radius 2 is 1.85 bits per heavy atom. The Bertz CT molecular complexity index is 123. The van der Waals surface area contributed by atoms with Crippen molar-refractivity contribution in [2.75, 3.05) is 19.7 Å². The van der Waals surface area contributed by atoms with Gasteiger partial charge in [0.2, 0.25) is 0 Å². The molecule has 0 amide bonds. The predicted octanol–water partition coefficient (Wildman–Crippen LogP) is 2.02. The number of hydrogen-bond acceptors (Lipinski definition) is 2. The van der Waals surface area contributed by atoms with Crippen molar-refractivity contribution >= 4 is 0 Å².